The molecule has 10 heteroatoms. The van der Waals surface area contributed by atoms with E-state index in [1.807, 2.05) is 60.7 Å². The van der Waals surface area contributed by atoms with E-state index in [9.17, 15) is 9.59 Å². The number of carbonyl (C=O) groups is 2. The molecule has 1 fully saturated rings. The van der Waals surface area contributed by atoms with Crippen molar-refractivity contribution >= 4 is 35.4 Å². The molecule has 0 bridgehead atoms. The van der Waals surface area contributed by atoms with Gasteiger partial charge in [-0.05, 0) is 33.3 Å². The van der Waals surface area contributed by atoms with Crippen LogP contribution in [-0.4, -0.2) is 42.4 Å². The van der Waals surface area contributed by atoms with Crippen molar-refractivity contribution in [1.29, 1.82) is 0 Å². The van der Waals surface area contributed by atoms with Crippen LogP contribution in [0, 0.1) is 0 Å². The summed E-state index contributed by atoms with van der Waals surface area (Å²) < 4.78 is 8.20. The van der Waals surface area contributed by atoms with Gasteiger partial charge < -0.3 is 4.74 Å². The van der Waals surface area contributed by atoms with E-state index >= 15 is 0 Å². The molecular formula is C21H17N5O3S2. The zero-order valence-corrected chi connectivity index (χ0v) is 18.0. The number of tetrazole rings is 1. The van der Waals surface area contributed by atoms with Crippen molar-refractivity contribution in [2.75, 3.05) is 0 Å². The molecule has 2 aliphatic rings. The summed E-state index contributed by atoms with van der Waals surface area (Å²) in [5, 5.41) is 11.9. The van der Waals surface area contributed by atoms with Crippen LogP contribution < -0.4 is 0 Å². The Hall–Kier alpha value is -3.11. The highest BCUT2D eigenvalue weighted by Gasteiger charge is 2.49. The molecule has 3 aromatic rings. The van der Waals surface area contributed by atoms with Crippen LogP contribution in [0.3, 0.4) is 0 Å². The molecule has 0 saturated carbocycles. The smallest absolute Gasteiger partial charge is 0.357 e. The van der Waals surface area contributed by atoms with Gasteiger partial charge in [0.05, 0.1) is 16.0 Å². The summed E-state index contributed by atoms with van der Waals surface area (Å²) in [7, 11) is 1.72. The molecule has 0 unspecified atom stereocenters. The average molecular weight is 452 g/mol. The minimum atomic E-state index is -0.592. The Bertz CT molecular complexity index is 1130. The predicted molar refractivity (Wildman–Crippen MR) is 115 cm³/mol. The van der Waals surface area contributed by atoms with Crippen LogP contribution in [0.2, 0.25) is 0 Å². The minimum absolute atomic E-state index is 0.0906. The Morgan fingerprint density at radius 2 is 1.77 bits per heavy atom. The second-order valence-corrected chi connectivity index (χ2v) is 9.39. The molecule has 1 atom stereocenters. The van der Waals surface area contributed by atoms with E-state index in [0.717, 1.165) is 11.1 Å². The normalized spacial score (nSPS) is 17.7. The van der Waals surface area contributed by atoms with Crippen LogP contribution in [0.15, 0.2) is 75.8 Å². The molecule has 1 amide bonds. The molecule has 3 heterocycles. The number of hydrogen-bond acceptors (Lipinski definition) is 8. The van der Waals surface area contributed by atoms with Crippen LogP contribution in [0.25, 0.3) is 0 Å². The van der Waals surface area contributed by atoms with E-state index in [2.05, 4.69) is 15.5 Å². The lowest BCUT2D eigenvalue weighted by Gasteiger charge is -2.34. The maximum Gasteiger partial charge on any atom is 0.357 e. The molecule has 2 aromatic carbocycles. The van der Waals surface area contributed by atoms with Crippen molar-refractivity contribution in [3.8, 4) is 0 Å². The number of hydrogen-bond donors (Lipinski definition) is 0. The van der Waals surface area contributed by atoms with Crippen LogP contribution >= 0.6 is 23.5 Å². The van der Waals surface area contributed by atoms with Gasteiger partial charge in [-0.2, -0.15) is 0 Å². The summed E-state index contributed by atoms with van der Waals surface area (Å²) in [6.45, 7) is 0. The maximum atomic E-state index is 13.4. The van der Waals surface area contributed by atoms with Gasteiger partial charge in [0.2, 0.25) is 11.1 Å². The molecule has 0 spiro atoms. The fourth-order valence-electron chi connectivity index (χ4n) is 3.42. The summed E-state index contributed by atoms with van der Waals surface area (Å²) in [4.78, 5) is 27.2. The lowest BCUT2D eigenvalue weighted by Crippen LogP contribution is -2.48. The Labute approximate surface area is 186 Å². The summed E-state index contributed by atoms with van der Waals surface area (Å²) >= 11 is 2.73. The fourth-order valence-corrected chi connectivity index (χ4v) is 5.95. The second kappa shape index (κ2) is 8.20. The van der Waals surface area contributed by atoms with Gasteiger partial charge in [-0.3, -0.25) is 9.69 Å². The lowest BCUT2D eigenvalue weighted by atomic mass is 10.0. The number of nitrogens with zero attached hydrogens (tertiary/aromatic N) is 5. The highest BCUT2D eigenvalue weighted by atomic mass is 32.2. The zero-order chi connectivity index (χ0) is 21.4. The van der Waals surface area contributed by atoms with Gasteiger partial charge >= 0.3 is 5.97 Å². The van der Waals surface area contributed by atoms with E-state index in [4.69, 9.17) is 4.74 Å². The summed E-state index contributed by atoms with van der Waals surface area (Å²) in [5.41, 5.74) is 1.97. The SMILES string of the molecule is Cn1nnnc1SC1=C(C(=O)OC(c2ccccc2)c2ccccc2)N2C(=O)C[C@H]2S1. The number of β-lactam (4-membered cyclic amide) rings is 1. The number of aryl methyl sites for hydroxylation is 1. The van der Waals surface area contributed by atoms with Gasteiger partial charge in [0.25, 0.3) is 0 Å². The zero-order valence-electron chi connectivity index (χ0n) is 16.4. The first kappa shape index (κ1) is 19.8. The standard InChI is InChI=1S/C21H17N5O3S2/c1-25-21(22-23-24-25)31-20-17(26-15(27)12-16(26)30-20)19(28)29-18(13-8-4-2-5-9-13)14-10-6-3-7-11-14/h2-11,16,18H,12H2,1H3/t16-/m1/s1. The van der Waals surface area contributed by atoms with Gasteiger partial charge in [-0.1, -0.05) is 72.4 Å². The molecule has 5 rings (SSSR count). The van der Waals surface area contributed by atoms with Crippen molar-refractivity contribution in [2.24, 2.45) is 7.05 Å². The molecule has 8 nitrogen and oxygen atoms in total. The quantitative estimate of drug-likeness (QED) is 0.417. The van der Waals surface area contributed by atoms with Gasteiger partial charge in [-0.25, -0.2) is 9.48 Å². The second-order valence-electron chi connectivity index (χ2n) is 6.97. The van der Waals surface area contributed by atoms with Crippen LogP contribution in [-0.2, 0) is 21.4 Å². The molecule has 2 aliphatic heterocycles. The molecule has 0 aliphatic carbocycles. The molecule has 0 radical (unpaired) electrons. The molecule has 1 aromatic heterocycles. The number of benzene rings is 2. The third kappa shape index (κ3) is 3.72. The first-order valence-electron chi connectivity index (χ1n) is 9.56. The van der Waals surface area contributed by atoms with Crippen molar-refractivity contribution in [1.82, 2.24) is 25.1 Å². The van der Waals surface area contributed by atoms with Crippen LogP contribution in [0.5, 0.6) is 0 Å². The van der Waals surface area contributed by atoms with Crippen molar-refractivity contribution < 1.29 is 14.3 Å². The van der Waals surface area contributed by atoms with E-state index in [1.54, 1.807) is 7.05 Å². The number of rotatable bonds is 6. The summed E-state index contributed by atoms with van der Waals surface area (Å²) in [6.07, 6.45) is -0.200. The maximum absolute atomic E-state index is 13.4. The average Bonchev–Trinajstić information content (AvgIpc) is 3.33. The van der Waals surface area contributed by atoms with Gasteiger partial charge in [0.1, 0.15) is 0 Å². The molecule has 31 heavy (non-hydrogen) atoms. The largest absolute Gasteiger partial charge is 0.448 e. The summed E-state index contributed by atoms with van der Waals surface area (Å²) in [6, 6.07) is 19.1. The van der Waals surface area contributed by atoms with Crippen molar-refractivity contribution in [3.63, 3.8) is 0 Å². The number of carbonyl (C=O) groups excluding carboxylic acids is 2. The third-order valence-corrected chi connectivity index (χ3v) is 7.47. The molecule has 0 N–H and O–H groups in total. The van der Waals surface area contributed by atoms with E-state index in [-0.39, 0.29) is 17.0 Å². The van der Waals surface area contributed by atoms with Crippen LogP contribution in [0.1, 0.15) is 23.7 Å². The Morgan fingerprint density at radius 3 is 2.32 bits per heavy atom. The van der Waals surface area contributed by atoms with Gasteiger partial charge in [0, 0.05) is 7.05 Å². The number of ether oxygens (including phenoxy) is 1. The van der Waals surface area contributed by atoms with Gasteiger partial charge in [-0.15, -0.1) is 5.10 Å². The van der Waals surface area contributed by atoms with Crippen LogP contribution in [0.4, 0.5) is 0 Å². The van der Waals surface area contributed by atoms with Gasteiger partial charge in [0.15, 0.2) is 11.8 Å². The Kier molecular flexibility index (Phi) is 5.24. The fraction of sp³-hybridized carbons (Fsp3) is 0.190. The highest BCUT2D eigenvalue weighted by Crippen LogP contribution is 2.52. The molecular weight excluding hydrogens is 434 g/mol. The number of thioether (sulfide) groups is 2. The predicted octanol–water partition coefficient (Wildman–Crippen LogP) is 3.11. The highest BCUT2D eigenvalue weighted by molar-refractivity contribution is 8.22. The first-order valence-corrected chi connectivity index (χ1v) is 11.3. The first-order chi connectivity index (χ1) is 15.1. The molecule has 156 valence electrons. The van der Waals surface area contributed by atoms with E-state index in [1.165, 1.54) is 33.1 Å². The summed E-state index contributed by atoms with van der Waals surface area (Å²) in [5.74, 6) is -0.634. The third-order valence-electron chi connectivity index (χ3n) is 4.97. The number of aromatic nitrogens is 4. The van der Waals surface area contributed by atoms with Crippen molar-refractivity contribution in [3.05, 3.63) is 81.7 Å². The van der Waals surface area contributed by atoms with Crippen molar-refractivity contribution in [2.45, 2.75) is 23.1 Å². The van der Waals surface area contributed by atoms with E-state index < -0.39 is 12.1 Å². The minimum Gasteiger partial charge on any atom is -0.448 e. The Balaban J connectivity index is 1.49. The number of amides is 1. The number of esters is 1. The monoisotopic (exact) mass is 451 g/mol. The topological polar surface area (TPSA) is 90.2 Å². The molecule has 1 saturated heterocycles. The Morgan fingerprint density at radius 1 is 1.13 bits per heavy atom. The lowest BCUT2D eigenvalue weighted by molar-refractivity contribution is -0.151. The van der Waals surface area contributed by atoms with E-state index in [0.29, 0.717) is 15.8 Å². The number of fused-ring (bicyclic) bond motifs is 1.